The molecule has 1 saturated heterocycles. The molecule has 23 heteroatoms. The number of ether oxygens (including phenoxy) is 2. The number of rotatable bonds is 22. The van der Waals surface area contributed by atoms with Gasteiger partial charge in [-0.1, -0.05) is 69.7 Å². The number of carboxylic acid groups (broad SMARTS) is 1. The Bertz CT molecular complexity index is 3630. The molecule has 1 spiro atoms. The predicted molar refractivity (Wildman–Crippen MR) is 309 cm³/mol. The van der Waals surface area contributed by atoms with Crippen molar-refractivity contribution in [2.24, 2.45) is 5.92 Å². The number of cyclic esters (lactones) is 1. The van der Waals surface area contributed by atoms with E-state index in [0.717, 1.165) is 50.5 Å². The van der Waals surface area contributed by atoms with Gasteiger partial charge in [0.1, 0.15) is 31.3 Å². The van der Waals surface area contributed by atoms with Crippen molar-refractivity contribution in [3.8, 4) is 11.4 Å². The first-order valence-electron chi connectivity index (χ1n) is 28.9. The molecule has 6 heterocycles. The maximum atomic E-state index is 14.2. The predicted octanol–water partition coefficient (Wildman–Crippen LogP) is 4.64. The van der Waals surface area contributed by atoms with Gasteiger partial charge in [0, 0.05) is 79.9 Å². The summed E-state index contributed by atoms with van der Waals surface area (Å²) in [5.74, 6) is -5.79. The number of nitrogens with zero attached hydrogens (tertiary/aromatic N) is 5. The van der Waals surface area contributed by atoms with E-state index in [1.165, 1.54) is 19.1 Å². The first kappa shape index (κ1) is 59.3. The van der Waals surface area contributed by atoms with E-state index in [2.05, 4.69) is 38.3 Å². The largest absolute Gasteiger partial charge is 0.481 e. The van der Waals surface area contributed by atoms with Crippen LogP contribution in [0.5, 0.6) is 0 Å². The molecule has 0 radical (unpaired) electrons. The summed E-state index contributed by atoms with van der Waals surface area (Å²) in [4.78, 5) is 140. The van der Waals surface area contributed by atoms with E-state index >= 15 is 0 Å². The van der Waals surface area contributed by atoms with Crippen molar-refractivity contribution < 1.29 is 62.8 Å². The number of benzene rings is 3. The summed E-state index contributed by atoms with van der Waals surface area (Å²) in [6, 6.07) is 17.0. The van der Waals surface area contributed by atoms with Crippen molar-refractivity contribution in [2.45, 2.75) is 141 Å². The number of fused-ring (bicyclic) bond motifs is 7. The minimum Gasteiger partial charge on any atom is -0.481 e. The van der Waals surface area contributed by atoms with Crippen molar-refractivity contribution in [3.63, 3.8) is 0 Å². The minimum atomic E-state index is -1.96. The van der Waals surface area contributed by atoms with Gasteiger partial charge in [0.25, 0.3) is 17.4 Å². The number of carbonyl (C=O) groups excluding carboxylic acids is 8. The molecule has 446 valence electrons. The number of esters is 1. The summed E-state index contributed by atoms with van der Waals surface area (Å²) in [6.45, 7) is 8.73. The number of imide groups is 1. The highest BCUT2D eigenvalue weighted by molar-refractivity contribution is 6.13. The van der Waals surface area contributed by atoms with Gasteiger partial charge in [0.2, 0.25) is 23.6 Å². The van der Waals surface area contributed by atoms with Gasteiger partial charge in [-0.25, -0.2) is 14.6 Å². The number of unbranched alkanes of at least 4 members (excludes halogenated alkanes) is 2. The number of piperazine rings is 1. The fourth-order valence-electron chi connectivity index (χ4n) is 11.9. The van der Waals surface area contributed by atoms with Crippen molar-refractivity contribution in [1.29, 1.82) is 0 Å². The van der Waals surface area contributed by atoms with Gasteiger partial charge in [-0.2, -0.15) is 0 Å². The van der Waals surface area contributed by atoms with Crippen LogP contribution in [-0.2, 0) is 79.7 Å². The van der Waals surface area contributed by atoms with Crippen LogP contribution in [0.2, 0.25) is 0 Å². The quantitative estimate of drug-likeness (QED) is 0.0234. The number of aliphatic carboxylic acids is 1. The molecule has 1 aliphatic carbocycles. The number of aromatic nitrogens is 2. The third-order valence-electron chi connectivity index (χ3n) is 16.9. The van der Waals surface area contributed by atoms with Crippen LogP contribution < -0.4 is 26.8 Å². The van der Waals surface area contributed by atoms with Gasteiger partial charge < -0.3 is 45.5 Å². The first-order valence-corrected chi connectivity index (χ1v) is 28.9. The number of nitrogens with one attached hydrogen (secondary N) is 4. The van der Waals surface area contributed by atoms with Gasteiger partial charge in [-0.15, -0.1) is 0 Å². The van der Waals surface area contributed by atoms with Crippen LogP contribution in [0.25, 0.3) is 33.1 Å². The lowest BCUT2D eigenvalue weighted by molar-refractivity contribution is -0.172. The number of carbonyl (C=O) groups is 9. The molecule has 6 N–H and O–H groups in total. The van der Waals surface area contributed by atoms with Gasteiger partial charge in [0.15, 0.2) is 5.60 Å². The van der Waals surface area contributed by atoms with Crippen molar-refractivity contribution in [1.82, 2.24) is 40.2 Å². The molecule has 2 aromatic heterocycles. The van der Waals surface area contributed by atoms with E-state index in [0.29, 0.717) is 68.1 Å². The highest BCUT2D eigenvalue weighted by atomic mass is 16.6. The molecule has 4 aliphatic heterocycles. The van der Waals surface area contributed by atoms with Gasteiger partial charge in [-0.05, 0) is 97.5 Å². The number of pyridine rings is 2. The van der Waals surface area contributed by atoms with Crippen molar-refractivity contribution >= 4 is 80.8 Å². The second-order valence-corrected chi connectivity index (χ2v) is 23.0. The molecule has 1 saturated carbocycles. The van der Waals surface area contributed by atoms with Crippen LogP contribution in [0.4, 0.5) is 10.5 Å². The normalized spacial score (nSPS) is 18.6. The van der Waals surface area contributed by atoms with Gasteiger partial charge >= 0.3 is 18.0 Å². The molecule has 23 nitrogen and oxygen atoms in total. The SMILES string of the molecule is CC[C@@]1(O)C(=O)OCc2c1cc1n(c2=O)Cc2c-1nc1ccc3ccccc3c1c2CN1CCN(C(=O)OCc2ccc(NC(=O)[C@H](C)NC(=O)[C@@H](NC(=O)[C@H](CCC(=O)O)NC(=O)CCCCCN3C(=O)C=CC3=O)C(C)C)cc2)C2(CC2)C1. The zero-order chi connectivity index (χ0) is 60.5. The summed E-state index contributed by atoms with van der Waals surface area (Å²) in [5, 5.41) is 34.5. The van der Waals surface area contributed by atoms with E-state index in [4.69, 9.17) is 14.5 Å². The van der Waals surface area contributed by atoms with Crippen LogP contribution in [0, 0.1) is 5.92 Å². The molecule has 10 rings (SSSR count). The van der Waals surface area contributed by atoms with Crippen LogP contribution in [0.1, 0.15) is 113 Å². The number of anilines is 1. The highest BCUT2D eigenvalue weighted by Gasteiger charge is 2.54. The number of hydrogen-bond donors (Lipinski definition) is 6. The fourth-order valence-corrected chi connectivity index (χ4v) is 11.9. The molecule has 5 aromatic rings. The molecule has 4 atom stereocenters. The van der Waals surface area contributed by atoms with E-state index in [1.54, 1.807) is 55.7 Å². The second-order valence-electron chi connectivity index (χ2n) is 23.0. The number of aliphatic hydroxyl groups is 1. The Morgan fingerprint density at radius 3 is 2.27 bits per heavy atom. The lowest BCUT2D eigenvalue weighted by Crippen LogP contribution is -2.57. The average Bonchev–Trinajstić information content (AvgIpc) is 1.90. The Balaban J connectivity index is 0.724. The maximum absolute atomic E-state index is 14.2. The van der Waals surface area contributed by atoms with Crippen LogP contribution >= 0.6 is 0 Å². The highest BCUT2D eigenvalue weighted by Crippen LogP contribution is 2.47. The Kier molecular flexibility index (Phi) is 17.0. The average molecular weight is 1160 g/mol. The lowest BCUT2D eigenvalue weighted by atomic mass is 9.86. The standard InChI is InChI=1S/C62H69N9O14/c1-5-62(83)44-29-47-54-42(31-70(47)58(80)43(44)33-84-59(62)81)41(52-40-12-9-8-11-38(40)16-19-45(52)66-54)30-68-27-28-71(61(34-68)24-25-61)60(82)85-32-37-14-17-39(18-15-37)64-55(77)36(4)63-57(79)53(35(2)3)67-56(78)46(20-23-51(75)76)65-48(72)13-7-6-10-26-69-49(73)21-22-50(69)74/h8-9,11-12,14-19,21-22,29,35-36,46,53,83H,5-7,10,13,20,23-28,30-34H2,1-4H3,(H,63,79)(H,64,77)(H,65,72)(H,67,78)(H,75,76)/t36-,46-,53-,62-/m0/s1. The zero-order valence-corrected chi connectivity index (χ0v) is 47.9. The lowest BCUT2D eigenvalue weighted by Gasteiger charge is -2.41. The monoisotopic (exact) mass is 1160 g/mol. The number of hydrogen-bond acceptors (Lipinski definition) is 15. The molecule has 0 bridgehead atoms. The molecule has 0 unspecified atom stereocenters. The van der Waals surface area contributed by atoms with Crippen LogP contribution in [-0.4, -0.2) is 138 Å². The van der Waals surface area contributed by atoms with Crippen molar-refractivity contribution in [2.75, 3.05) is 31.5 Å². The minimum absolute atomic E-state index is 0.00698. The topological polar surface area (TPSA) is 305 Å². The second kappa shape index (κ2) is 24.4. The van der Waals surface area contributed by atoms with Gasteiger partial charge in [-0.3, -0.25) is 53.1 Å². The Morgan fingerprint density at radius 2 is 1.56 bits per heavy atom. The number of carboxylic acids is 1. The Morgan fingerprint density at radius 1 is 0.824 bits per heavy atom. The third-order valence-corrected chi connectivity index (χ3v) is 16.9. The summed E-state index contributed by atoms with van der Waals surface area (Å²) in [6.07, 6.45) is 4.20. The Labute approximate surface area is 489 Å². The van der Waals surface area contributed by atoms with E-state index in [1.807, 2.05) is 29.2 Å². The van der Waals surface area contributed by atoms with Crippen LogP contribution in [0.15, 0.2) is 83.7 Å². The van der Waals surface area contributed by atoms with E-state index in [9.17, 15) is 58.2 Å². The molecular weight excluding hydrogens is 1090 g/mol. The smallest absolute Gasteiger partial charge is 0.410 e. The van der Waals surface area contributed by atoms with Crippen LogP contribution in [0.3, 0.4) is 0 Å². The molecule has 85 heavy (non-hydrogen) atoms. The zero-order valence-electron chi connectivity index (χ0n) is 47.9. The molecule has 7 amide bonds. The third kappa shape index (κ3) is 12.3. The summed E-state index contributed by atoms with van der Waals surface area (Å²) < 4.78 is 12.9. The van der Waals surface area contributed by atoms with E-state index in [-0.39, 0.29) is 62.3 Å². The summed E-state index contributed by atoms with van der Waals surface area (Å²) in [5.41, 5.74) is 2.64. The molecule has 3 aromatic carbocycles. The fraction of sp³-hybridized carbons (Fsp3) is 0.435. The molecular formula is C62H69N9O14. The van der Waals surface area contributed by atoms with Gasteiger partial charge in [0.05, 0.1) is 34.6 Å². The number of amides is 7. The molecule has 2 fully saturated rings. The first-order chi connectivity index (χ1) is 40.7. The van der Waals surface area contributed by atoms with E-state index < -0.39 is 95.1 Å². The van der Waals surface area contributed by atoms with Crippen molar-refractivity contribution in [3.05, 3.63) is 117 Å². The maximum Gasteiger partial charge on any atom is 0.410 e. The summed E-state index contributed by atoms with van der Waals surface area (Å²) >= 11 is 0. The molecule has 5 aliphatic rings. The Hall–Kier alpha value is -8.83. The summed E-state index contributed by atoms with van der Waals surface area (Å²) in [7, 11) is 0.